The molecule has 12 nitrogen and oxygen atoms in total. The molecule has 2 aromatic rings. The van der Waals surface area contributed by atoms with Crippen molar-refractivity contribution >= 4 is 18.9 Å². The molecule has 2 saturated heterocycles. The highest BCUT2D eigenvalue weighted by atomic mass is 16.3. The summed E-state index contributed by atoms with van der Waals surface area (Å²) < 4.78 is 1.82. The summed E-state index contributed by atoms with van der Waals surface area (Å²) in [6.07, 6.45) is 3.72. The SMILES string of the molecule is CN1CCCN(C(=O)[C@H]2[C@H]3C[C@H](CN(Cc4ccn[nH]4)C3)c3cccc(=O)n32)CC1.O=CO.O=CO. The van der Waals surface area contributed by atoms with E-state index >= 15 is 0 Å². The van der Waals surface area contributed by atoms with E-state index in [1.54, 1.807) is 12.3 Å². The lowest BCUT2D eigenvalue weighted by Crippen LogP contribution is -2.54. The fourth-order valence-corrected chi connectivity index (χ4v) is 5.54. The average Bonchev–Trinajstić information content (AvgIpc) is 3.26. The van der Waals surface area contributed by atoms with Crippen LogP contribution in [0.5, 0.6) is 0 Å². The molecule has 5 heterocycles. The highest BCUT2D eigenvalue weighted by Crippen LogP contribution is 2.42. The van der Waals surface area contributed by atoms with Gasteiger partial charge in [-0.3, -0.25) is 33.7 Å². The molecule has 196 valence electrons. The van der Waals surface area contributed by atoms with Gasteiger partial charge in [0.15, 0.2) is 0 Å². The number of nitrogens with one attached hydrogen (secondary N) is 1. The van der Waals surface area contributed by atoms with E-state index in [2.05, 4.69) is 27.0 Å². The van der Waals surface area contributed by atoms with Crippen molar-refractivity contribution in [2.75, 3.05) is 46.3 Å². The van der Waals surface area contributed by atoms with Gasteiger partial charge in [0.1, 0.15) is 6.04 Å². The Bertz CT molecular complexity index is 1050. The van der Waals surface area contributed by atoms with Crippen molar-refractivity contribution in [1.82, 2.24) is 29.5 Å². The van der Waals surface area contributed by atoms with Gasteiger partial charge in [-0.25, -0.2) is 0 Å². The number of carboxylic acid groups (broad SMARTS) is 2. The topological polar surface area (TPSA) is 152 Å². The summed E-state index contributed by atoms with van der Waals surface area (Å²) in [5, 5.41) is 20.9. The Morgan fingerprint density at radius 1 is 1.11 bits per heavy atom. The van der Waals surface area contributed by atoms with Gasteiger partial charge in [0.25, 0.3) is 18.5 Å². The van der Waals surface area contributed by atoms with Crippen LogP contribution in [0, 0.1) is 5.92 Å². The molecule has 3 N–H and O–H groups in total. The normalized spacial score (nSPS) is 23.6. The molecule has 12 heteroatoms. The average molecular weight is 503 g/mol. The van der Waals surface area contributed by atoms with E-state index in [1.807, 2.05) is 27.7 Å². The van der Waals surface area contributed by atoms with E-state index < -0.39 is 6.04 Å². The van der Waals surface area contributed by atoms with Gasteiger partial charge < -0.3 is 20.0 Å². The van der Waals surface area contributed by atoms with Crippen LogP contribution in [-0.4, -0.2) is 105 Å². The van der Waals surface area contributed by atoms with Crippen molar-refractivity contribution in [3.8, 4) is 0 Å². The predicted octanol–water partition coefficient (Wildman–Crippen LogP) is 0.298. The molecule has 5 rings (SSSR count). The Labute approximate surface area is 209 Å². The van der Waals surface area contributed by atoms with Crippen LogP contribution in [0.3, 0.4) is 0 Å². The van der Waals surface area contributed by atoms with E-state index in [-0.39, 0.29) is 36.2 Å². The number of likely N-dealkylation sites (N-methyl/N-ethyl adjacent to an activating group) is 1. The second-order valence-corrected chi connectivity index (χ2v) is 9.27. The van der Waals surface area contributed by atoms with Crippen LogP contribution in [0.1, 0.15) is 36.2 Å². The molecule has 0 spiro atoms. The Balaban J connectivity index is 0.000000550. The summed E-state index contributed by atoms with van der Waals surface area (Å²) >= 11 is 0. The first-order valence-electron chi connectivity index (χ1n) is 12.0. The monoisotopic (exact) mass is 502 g/mol. The third kappa shape index (κ3) is 6.38. The number of fused-ring (bicyclic) bond motifs is 4. The molecular formula is C24H34N6O6. The zero-order valence-electron chi connectivity index (χ0n) is 20.4. The number of carbonyl (C=O) groups excluding carboxylic acids is 1. The lowest BCUT2D eigenvalue weighted by molar-refractivity contribution is -0.138. The number of amides is 1. The summed E-state index contributed by atoms with van der Waals surface area (Å²) in [6.45, 7) is 5.40. The van der Waals surface area contributed by atoms with Crippen molar-refractivity contribution in [1.29, 1.82) is 0 Å². The number of aromatic nitrogens is 3. The molecule has 0 radical (unpaired) electrons. The Kier molecular flexibility index (Phi) is 9.77. The molecule has 0 saturated carbocycles. The van der Waals surface area contributed by atoms with Gasteiger partial charge in [-0.1, -0.05) is 6.07 Å². The number of nitrogens with zero attached hydrogens (tertiary/aromatic N) is 5. The van der Waals surface area contributed by atoms with E-state index in [9.17, 15) is 9.59 Å². The smallest absolute Gasteiger partial charge is 0.290 e. The molecule has 1 amide bonds. The maximum Gasteiger partial charge on any atom is 0.290 e. The Morgan fingerprint density at radius 3 is 2.56 bits per heavy atom. The second-order valence-electron chi connectivity index (χ2n) is 9.27. The lowest BCUT2D eigenvalue weighted by Gasteiger charge is -2.47. The van der Waals surface area contributed by atoms with Crippen molar-refractivity contribution in [3.05, 3.63) is 52.2 Å². The predicted molar refractivity (Wildman–Crippen MR) is 131 cm³/mol. The van der Waals surface area contributed by atoms with Gasteiger partial charge in [0.05, 0.1) is 0 Å². The minimum Gasteiger partial charge on any atom is -0.483 e. The molecule has 0 aliphatic carbocycles. The maximum absolute atomic E-state index is 13.8. The van der Waals surface area contributed by atoms with E-state index in [0.717, 1.165) is 70.0 Å². The molecule has 36 heavy (non-hydrogen) atoms. The van der Waals surface area contributed by atoms with E-state index in [0.29, 0.717) is 0 Å². The second kappa shape index (κ2) is 13.0. The quantitative estimate of drug-likeness (QED) is 0.503. The highest BCUT2D eigenvalue weighted by Gasteiger charge is 2.45. The first-order chi connectivity index (χ1) is 17.4. The fourth-order valence-electron chi connectivity index (χ4n) is 5.54. The summed E-state index contributed by atoms with van der Waals surface area (Å²) in [6, 6.07) is 7.07. The zero-order valence-corrected chi connectivity index (χ0v) is 20.4. The van der Waals surface area contributed by atoms with Crippen LogP contribution in [-0.2, 0) is 20.9 Å². The summed E-state index contributed by atoms with van der Waals surface area (Å²) in [5.74, 6) is 0.541. The number of pyridine rings is 1. The van der Waals surface area contributed by atoms with Crippen LogP contribution >= 0.6 is 0 Å². The van der Waals surface area contributed by atoms with Crippen LogP contribution in [0.25, 0.3) is 0 Å². The summed E-state index contributed by atoms with van der Waals surface area (Å²) in [5.41, 5.74) is 2.05. The van der Waals surface area contributed by atoms with Gasteiger partial charge in [-0.15, -0.1) is 0 Å². The molecule has 0 unspecified atom stereocenters. The van der Waals surface area contributed by atoms with Crippen molar-refractivity contribution < 1.29 is 24.6 Å². The Morgan fingerprint density at radius 2 is 1.86 bits per heavy atom. The van der Waals surface area contributed by atoms with Crippen LogP contribution in [0.2, 0.25) is 0 Å². The number of hydrogen-bond acceptors (Lipinski definition) is 7. The number of hydrogen-bond donors (Lipinski definition) is 3. The van der Waals surface area contributed by atoms with Gasteiger partial charge in [0, 0.05) is 74.8 Å². The maximum atomic E-state index is 13.8. The van der Waals surface area contributed by atoms with Crippen LogP contribution in [0.4, 0.5) is 0 Å². The van der Waals surface area contributed by atoms with Gasteiger partial charge in [-0.05, 0) is 38.6 Å². The van der Waals surface area contributed by atoms with Crippen LogP contribution in [0.15, 0.2) is 35.3 Å². The number of piperidine rings is 1. The highest BCUT2D eigenvalue weighted by molar-refractivity contribution is 5.81. The third-order valence-electron chi connectivity index (χ3n) is 6.96. The van der Waals surface area contributed by atoms with Crippen molar-refractivity contribution in [2.24, 2.45) is 5.92 Å². The van der Waals surface area contributed by atoms with Crippen molar-refractivity contribution in [3.63, 3.8) is 0 Å². The molecule has 3 atom stereocenters. The number of likely N-dealkylation sites (tertiary alicyclic amines) is 1. The number of aromatic amines is 1. The molecule has 0 aromatic carbocycles. The fraction of sp³-hybridized carbons (Fsp3) is 0.542. The van der Waals surface area contributed by atoms with Gasteiger partial charge >= 0.3 is 0 Å². The lowest BCUT2D eigenvalue weighted by atomic mass is 9.78. The Hall–Kier alpha value is -3.51. The van der Waals surface area contributed by atoms with E-state index in [1.165, 1.54) is 0 Å². The third-order valence-corrected chi connectivity index (χ3v) is 6.96. The number of rotatable bonds is 3. The van der Waals surface area contributed by atoms with Gasteiger partial charge in [-0.2, -0.15) is 5.10 Å². The zero-order chi connectivity index (χ0) is 26.1. The first kappa shape index (κ1) is 27.1. The number of H-pyrrole nitrogens is 1. The van der Waals surface area contributed by atoms with Crippen LogP contribution < -0.4 is 5.56 Å². The summed E-state index contributed by atoms with van der Waals surface area (Å²) in [4.78, 5) is 50.1. The molecular weight excluding hydrogens is 468 g/mol. The molecule has 3 aliphatic rings. The molecule has 2 aromatic heterocycles. The largest absolute Gasteiger partial charge is 0.483 e. The minimum absolute atomic E-state index is 0.0468. The molecule has 2 fully saturated rings. The first-order valence-corrected chi connectivity index (χ1v) is 12.0. The van der Waals surface area contributed by atoms with Gasteiger partial charge in [0.2, 0.25) is 5.91 Å². The molecule has 3 aliphatic heterocycles. The van der Waals surface area contributed by atoms with Crippen molar-refractivity contribution in [2.45, 2.75) is 31.3 Å². The minimum atomic E-state index is -0.405. The summed E-state index contributed by atoms with van der Waals surface area (Å²) in [7, 11) is 2.10. The van der Waals surface area contributed by atoms with E-state index in [4.69, 9.17) is 19.8 Å². The number of carbonyl (C=O) groups is 3. The standard InChI is InChI=1S/C22H30N6O2.2CH2O2/c1-25-8-3-9-27(11-10-25)22(30)21-17-12-16(19-4-2-5-20(29)28(19)21)13-26(14-17)15-18-6-7-23-24-18;2*2-1-3/h2,4-7,16-17,21H,3,8-15H2,1H3,(H,23,24);2*1H,(H,2,3)/t16-,17+,21-;;/m1../s1. The molecule has 2 bridgehead atoms.